The van der Waals surface area contributed by atoms with Gasteiger partial charge in [0, 0.05) is 30.6 Å². The molecule has 0 unspecified atom stereocenters. The Labute approximate surface area is 213 Å². The zero-order valence-corrected chi connectivity index (χ0v) is 22.0. The Balaban J connectivity index is 1.66. The molecule has 1 aliphatic carbocycles. The van der Waals surface area contributed by atoms with Crippen LogP contribution in [0.5, 0.6) is 0 Å². The largest absolute Gasteiger partial charge is 0.354 e. The number of halogens is 1. The van der Waals surface area contributed by atoms with Gasteiger partial charge in [0.1, 0.15) is 6.04 Å². The predicted octanol–water partition coefficient (Wildman–Crippen LogP) is 3.90. The van der Waals surface area contributed by atoms with Crippen molar-refractivity contribution in [1.29, 1.82) is 0 Å². The quantitative estimate of drug-likeness (QED) is 0.444. The maximum absolute atomic E-state index is 13.2. The number of rotatable bonds is 12. The monoisotopic (exact) mass is 519 g/mol. The Kier molecular flexibility index (Phi) is 9.33. The van der Waals surface area contributed by atoms with Gasteiger partial charge < -0.3 is 10.2 Å². The highest BCUT2D eigenvalue weighted by Gasteiger charge is 2.28. The molecule has 1 atom stereocenters. The maximum Gasteiger partial charge on any atom is 0.242 e. The number of benzene rings is 2. The van der Waals surface area contributed by atoms with Crippen molar-refractivity contribution >= 4 is 33.4 Å². The number of carbonyl (C=O) groups is 2. The van der Waals surface area contributed by atoms with Gasteiger partial charge in [-0.15, -0.1) is 0 Å². The number of hydrogen-bond acceptors (Lipinski definition) is 4. The summed E-state index contributed by atoms with van der Waals surface area (Å²) in [4.78, 5) is 27.8. The molecule has 7 nitrogen and oxygen atoms in total. The molecule has 1 aliphatic rings. The van der Waals surface area contributed by atoms with E-state index in [1.165, 1.54) is 0 Å². The number of nitrogens with one attached hydrogen (secondary N) is 2. The second-order valence-corrected chi connectivity index (χ2v) is 11.7. The second-order valence-electron chi connectivity index (χ2n) is 9.50. The van der Waals surface area contributed by atoms with Crippen LogP contribution in [0, 0.1) is 5.92 Å². The lowest BCUT2D eigenvalue weighted by Crippen LogP contribution is -2.48. The minimum atomic E-state index is -3.51. The van der Waals surface area contributed by atoms with Crippen LogP contribution in [0.1, 0.15) is 51.2 Å². The van der Waals surface area contributed by atoms with Gasteiger partial charge in [0.15, 0.2) is 0 Å². The first-order valence-electron chi connectivity index (χ1n) is 12.0. The van der Waals surface area contributed by atoms with Gasteiger partial charge in [-0.1, -0.05) is 49.7 Å². The molecule has 35 heavy (non-hydrogen) atoms. The standard InChI is InChI=1S/C26H34ClN3O4S/c1-18(2)16-28-26(32)19(3)30(17-21-4-9-22(27)10-5-21)25(31)15-8-20-6-13-24(14-7-20)35(33,34)29-23-11-12-23/h4-7,9-10,13-14,18-19,23,29H,8,11-12,15-17H2,1-3H3,(H,28,32)/t19-/m0/s1. The molecule has 3 rings (SSSR count). The Morgan fingerprint density at radius 3 is 2.17 bits per heavy atom. The van der Waals surface area contributed by atoms with Gasteiger partial charge in [-0.3, -0.25) is 9.59 Å². The number of aryl methyl sites for hydroxylation is 1. The van der Waals surface area contributed by atoms with Crippen LogP contribution in [-0.2, 0) is 32.6 Å². The zero-order valence-electron chi connectivity index (χ0n) is 20.5. The molecule has 2 amide bonds. The summed E-state index contributed by atoms with van der Waals surface area (Å²) in [5.41, 5.74) is 1.73. The van der Waals surface area contributed by atoms with E-state index in [4.69, 9.17) is 11.6 Å². The van der Waals surface area contributed by atoms with Crippen molar-refractivity contribution in [2.45, 2.75) is 70.0 Å². The number of hydrogen-bond donors (Lipinski definition) is 2. The topological polar surface area (TPSA) is 95.6 Å². The molecule has 0 bridgehead atoms. The van der Waals surface area contributed by atoms with E-state index in [0.29, 0.717) is 23.9 Å². The summed E-state index contributed by atoms with van der Waals surface area (Å²) in [6.07, 6.45) is 2.38. The summed E-state index contributed by atoms with van der Waals surface area (Å²) < 4.78 is 27.4. The van der Waals surface area contributed by atoms with Crippen molar-refractivity contribution in [1.82, 2.24) is 14.9 Å². The highest BCUT2D eigenvalue weighted by atomic mass is 35.5. The molecular formula is C26H34ClN3O4S. The van der Waals surface area contributed by atoms with Crippen molar-refractivity contribution < 1.29 is 18.0 Å². The third-order valence-corrected chi connectivity index (χ3v) is 7.67. The normalized spacial score (nSPS) is 14.5. The fraction of sp³-hybridized carbons (Fsp3) is 0.462. The highest BCUT2D eigenvalue weighted by molar-refractivity contribution is 7.89. The summed E-state index contributed by atoms with van der Waals surface area (Å²) in [7, 11) is -3.51. The van der Waals surface area contributed by atoms with E-state index in [2.05, 4.69) is 10.0 Å². The fourth-order valence-electron chi connectivity index (χ4n) is 3.54. The minimum Gasteiger partial charge on any atom is -0.354 e. The van der Waals surface area contributed by atoms with Gasteiger partial charge in [-0.05, 0) is 67.5 Å². The van der Waals surface area contributed by atoms with Gasteiger partial charge in [0.05, 0.1) is 4.90 Å². The van der Waals surface area contributed by atoms with Crippen LogP contribution < -0.4 is 10.0 Å². The van der Waals surface area contributed by atoms with E-state index < -0.39 is 16.1 Å². The average molecular weight is 520 g/mol. The molecule has 0 aliphatic heterocycles. The van der Waals surface area contributed by atoms with Crippen LogP contribution in [-0.4, -0.2) is 43.8 Å². The molecule has 2 aromatic carbocycles. The third kappa shape index (κ3) is 8.33. The van der Waals surface area contributed by atoms with E-state index in [9.17, 15) is 18.0 Å². The number of sulfonamides is 1. The van der Waals surface area contributed by atoms with Crippen molar-refractivity contribution in [3.05, 3.63) is 64.7 Å². The predicted molar refractivity (Wildman–Crippen MR) is 137 cm³/mol. The van der Waals surface area contributed by atoms with Crippen molar-refractivity contribution in [2.24, 2.45) is 5.92 Å². The SMILES string of the molecule is CC(C)CNC(=O)[C@H](C)N(Cc1ccc(Cl)cc1)C(=O)CCc1ccc(S(=O)(=O)NC2CC2)cc1. The Hall–Kier alpha value is -2.42. The maximum atomic E-state index is 13.2. The van der Waals surface area contributed by atoms with Crippen LogP contribution >= 0.6 is 11.6 Å². The first kappa shape index (κ1) is 27.2. The van der Waals surface area contributed by atoms with Crippen molar-refractivity contribution in [3.63, 3.8) is 0 Å². The molecule has 9 heteroatoms. The molecule has 0 heterocycles. The smallest absolute Gasteiger partial charge is 0.242 e. The van der Waals surface area contributed by atoms with E-state index in [-0.39, 0.29) is 35.7 Å². The minimum absolute atomic E-state index is 0.0450. The second kappa shape index (κ2) is 12.0. The summed E-state index contributed by atoms with van der Waals surface area (Å²) in [5, 5.41) is 3.51. The van der Waals surface area contributed by atoms with Gasteiger partial charge in [-0.25, -0.2) is 13.1 Å². The lowest BCUT2D eigenvalue weighted by Gasteiger charge is -2.29. The molecule has 2 aromatic rings. The van der Waals surface area contributed by atoms with E-state index in [0.717, 1.165) is 24.0 Å². The summed E-state index contributed by atoms with van der Waals surface area (Å²) in [5.74, 6) is -0.0455. The van der Waals surface area contributed by atoms with Gasteiger partial charge in [-0.2, -0.15) is 0 Å². The van der Waals surface area contributed by atoms with Crippen LogP contribution in [0.25, 0.3) is 0 Å². The van der Waals surface area contributed by atoms with Gasteiger partial charge in [0.25, 0.3) is 0 Å². The number of amides is 2. The van der Waals surface area contributed by atoms with Crippen LogP contribution in [0.3, 0.4) is 0 Å². The molecule has 0 spiro atoms. The Bertz CT molecular complexity index is 1110. The van der Waals surface area contributed by atoms with Crippen LogP contribution in [0.4, 0.5) is 0 Å². The Morgan fingerprint density at radius 1 is 1.00 bits per heavy atom. The average Bonchev–Trinajstić information content (AvgIpc) is 3.63. The van der Waals surface area contributed by atoms with Crippen LogP contribution in [0.15, 0.2) is 53.4 Å². The first-order valence-corrected chi connectivity index (χ1v) is 13.8. The molecule has 1 saturated carbocycles. The summed E-state index contributed by atoms with van der Waals surface area (Å²) >= 11 is 5.99. The van der Waals surface area contributed by atoms with E-state index in [1.54, 1.807) is 48.2 Å². The number of nitrogens with zero attached hydrogens (tertiary/aromatic N) is 1. The zero-order chi connectivity index (χ0) is 25.6. The molecule has 2 N–H and O–H groups in total. The van der Waals surface area contributed by atoms with Gasteiger partial charge in [0.2, 0.25) is 21.8 Å². The lowest BCUT2D eigenvalue weighted by molar-refractivity contribution is -0.140. The molecule has 0 saturated heterocycles. The fourth-order valence-corrected chi connectivity index (χ4v) is 4.97. The first-order chi connectivity index (χ1) is 16.5. The van der Waals surface area contributed by atoms with Crippen molar-refractivity contribution in [2.75, 3.05) is 6.54 Å². The van der Waals surface area contributed by atoms with Gasteiger partial charge >= 0.3 is 0 Å². The summed E-state index contributed by atoms with van der Waals surface area (Å²) in [6, 6.07) is 13.2. The molecule has 0 radical (unpaired) electrons. The molecule has 190 valence electrons. The van der Waals surface area contributed by atoms with E-state index in [1.807, 2.05) is 26.0 Å². The third-order valence-electron chi connectivity index (χ3n) is 5.88. The summed E-state index contributed by atoms with van der Waals surface area (Å²) in [6.45, 7) is 6.59. The van der Waals surface area contributed by atoms with E-state index >= 15 is 0 Å². The van der Waals surface area contributed by atoms with Crippen molar-refractivity contribution in [3.8, 4) is 0 Å². The molecule has 0 aromatic heterocycles. The highest BCUT2D eigenvalue weighted by Crippen LogP contribution is 2.22. The van der Waals surface area contributed by atoms with Crippen LogP contribution in [0.2, 0.25) is 5.02 Å². The molecular weight excluding hydrogens is 486 g/mol. The number of carbonyl (C=O) groups excluding carboxylic acids is 2. The molecule has 1 fully saturated rings. The lowest BCUT2D eigenvalue weighted by atomic mass is 10.1. The Morgan fingerprint density at radius 2 is 1.60 bits per heavy atom.